The van der Waals surface area contributed by atoms with E-state index in [1.165, 1.54) is 16.0 Å². The molecule has 18 heavy (non-hydrogen) atoms. The first-order valence-electron chi connectivity index (χ1n) is 5.93. The van der Waals surface area contributed by atoms with Crippen LogP contribution < -0.4 is 0 Å². The lowest BCUT2D eigenvalue weighted by Gasteiger charge is -2.13. The van der Waals surface area contributed by atoms with Crippen molar-refractivity contribution in [1.82, 2.24) is 0 Å². The third-order valence-corrected chi connectivity index (χ3v) is 3.77. The van der Waals surface area contributed by atoms with Crippen molar-refractivity contribution >= 4 is 22.4 Å². The van der Waals surface area contributed by atoms with E-state index in [-0.39, 0.29) is 0 Å². The zero-order valence-corrected chi connectivity index (χ0v) is 10.7. The van der Waals surface area contributed by atoms with Crippen LogP contribution in [-0.2, 0) is 0 Å². The topological polar surface area (TPSA) is 12.4 Å². The van der Waals surface area contributed by atoms with Crippen molar-refractivity contribution in [3.05, 3.63) is 77.9 Å². The summed E-state index contributed by atoms with van der Waals surface area (Å²) in [6.07, 6.45) is 2.18. The van der Waals surface area contributed by atoms with Gasteiger partial charge in [-0.05, 0) is 17.2 Å². The molecule has 0 saturated carbocycles. The maximum atomic E-state index is 4.58. The molecule has 0 N–H and O–H groups in total. The summed E-state index contributed by atoms with van der Waals surface area (Å²) in [7, 11) is 0. The molecule has 0 amide bonds. The molecule has 1 aliphatic rings. The van der Waals surface area contributed by atoms with Crippen molar-refractivity contribution in [3.8, 4) is 0 Å². The fourth-order valence-electron chi connectivity index (χ4n) is 1.94. The average molecular weight is 251 g/mol. The Bertz CT molecular complexity index is 585. The average Bonchev–Trinajstić information content (AvgIpc) is 2.49. The molecule has 0 saturated heterocycles. The highest BCUT2D eigenvalue weighted by Crippen LogP contribution is 2.31. The fourth-order valence-corrected chi connectivity index (χ4v) is 2.78. The van der Waals surface area contributed by atoms with Crippen LogP contribution in [0.1, 0.15) is 11.1 Å². The fraction of sp³-hybridized carbons (Fsp3) is 0.0625. The van der Waals surface area contributed by atoms with Crippen molar-refractivity contribution in [1.29, 1.82) is 0 Å². The molecule has 3 rings (SSSR count). The normalized spacial score (nSPS) is 14.9. The van der Waals surface area contributed by atoms with Gasteiger partial charge in [-0.3, -0.25) is 4.99 Å². The van der Waals surface area contributed by atoms with Crippen LogP contribution in [0, 0.1) is 0 Å². The van der Waals surface area contributed by atoms with Gasteiger partial charge in [0.15, 0.2) is 0 Å². The summed E-state index contributed by atoms with van der Waals surface area (Å²) in [4.78, 5) is 5.87. The molecule has 0 radical (unpaired) electrons. The van der Waals surface area contributed by atoms with Gasteiger partial charge in [0.25, 0.3) is 0 Å². The van der Waals surface area contributed by atoms with Gasteiger partial charge in [-0.2, -0.15) is 0 Å². The number of rotatable bonds is 2. The van der Waals surface area contributed by atoms with Crippen LogP contribution in [-0.4, -0.2) is 11.6 Å². The summed E-state index contributed by atoms with van der Waals surface area (Å²) >= 11 is 1.79. The summed E-state index contributed by atoms with van der Waals surface area (Å²) in [5, 5.41) is 0. The van der Waals surface area contributed by atoms with Gasteiger partial charge in [-0.1, -0.05) is 60.7 Å². The van der Waals surface area contributed by atoms with E-state index in [4.69, 9.17) is 0 Å². The van der Waals surface area contributed by atoms with E-state index in [9.17, 15) is 0 Å². The number of hydrogen-bond donors (Lipinski definition) is 0. The van der Waals surface area contributed by atoms with Crippen molar-refractivity contribution in [2.45, 2.75) is 0 Å². The Morgan fingerprint density at radius 3 is 2.06 bits per heavy atom. The molecule has 0 atom stereocenters. The highest BCUT2D eigenvalue weighted by molar-refractivity contribution is 8.08. The van der Waals surface area contributed by atoms with E-state index in [2.05, 4.69) is 59.6 Å². The molecule has 0 aromatic heterocycles. The van der Waals surface area contributed by atoms with E-state index in [1.54, 1.807) is 11.8 Å². The molecule has 0 aliphatic carbocycles. The minimum absolute atomic E-state index is 0.797. The molecule has 0 fully saturated rings. The maximum Gasteiger partial charge on any atom is 0.0897 e. The Labute approximate surface area is 111 Å². The van der Waals surface area contributed by atoms with Crippen molar-refractivity contribution in [2.75, 3.05) is 5.88 Å². The Morgan fingerprint density at radius 2 is 1.39 bits per heavy atom. The third kappa shape index (κ3) is 2.39. The van der Waals surface area contributed by atoms with Gasteiger partial charge in [0.1, 0.15) is 0 Å². The summed E-state index contributed by atoms with van der Waals surface area (Å²) in [5.41, 5.74) is 3.53. The standard InChI is InChI=1S/C16H13NS/c1-3-7-13(8-4-1)15-11-16(18-12-17-15)14-9-5-2-6-10-14/h1-11H,12H2. The van der Waals surface area contributed by atoms with E-state index >= 15 is 0 Å². The van der Waals surface area contributed by atoms with Crippen molar-refractivity contribution in [3.63, 3.8) is 0 Å². The largest absolute Gasteiger partial charge is 0.274 e. The zero-order chi connectivity index (χ0) is 12.2. The maximum absolute atomic E-state index is 4.58. The summed E-state index contributed by atoms with van der Waals surface area (Å²) in [6.45, 7) is 0. The van der Waals surface area contributed by atoms with Crippen LogP contribution >= 0.6 is 11.8 Å². The first-order chi connectivity index (χ1) is 8.93. The Kier molecular flexibility index (Phi) is 3.29. The van der Waals surface area contributed by atoms with E-state index in [0.29, 0.717) is 0 Å². The van der Waals surface area contributed by atoms with Crippen LogP contribution in [0.15, 0.2) is 71.7 Å². The number of allylic oxidation sites excluding steroid dienone is 1. The Morgan fingerprint density at radius 1 is 0.778 bits per heavy atom. The lowest BCUT2D eigenvalue weighted by molar-refractivity contribution is 1.37. The predicted molar refractivity (Wildman–Crippen MR) is 79.9 cm³/mol. The molecular formula is C16H13NS. The van der Waals surface area contributed by atoms with Crippen LogP contribution in [0.5, 0.6) is 0 Å². The van der Waals surface area contributed by atoms with Gasteiger partial charge in [0.05, 0.1) is 11.6 Å². The summed E-state index contributed by atoms with van der Waals surface area (Å²) < 4.78 is 0. The van der Waals surface area contributed by atoms with E-state index in [0.717, 1.165) is 11.6 Å². The van der Waals surface area contributed by atoms with Crippen LogP contribution in [0.2, 0.25) is 0 Å². The molecule has 0 bridgehead atoms. The van der Waals surface area contributed by atoms with Gasteiger partial charge >= 0.3 is 0 Å². The van der Waals surface area contributed by atoms with Crippen molar-refractivity contribution in [2.24, 2.45) is 4.99 Å². The minimum atomic E-state index is 0.797. The van der Waals surface area contributed by atoms with Crippen molar-refractivity contribution < 1.29 is 0 Å². The molecule has 1 nitrogen and oxygen atoms in total. The molecule has 1 aliphatic heterocycles. The van der Waals surface area contributed by atoms with Gasteiger partial charge in [0.2, 0.25) is 0 Å². The van der Waals surface area contributed by atoms with Gasteiger partial charge in [-0.15, -0.1) is 11.8 Å². The number of nitrogens with zero attached hydrogens (tertiary/aromatic N) is 1. The lowest BCUT2D eigenvalue weighted by Crippen LogP contribution is -2.02. The second kappa shape index (κ2) is 5.23. The molecule has 2 aromatic rings. The molecule has 2 heteroatoms. The molecule has 2 aromatic carbocycles. The first kappa shape index (κ1) is 11.3. The van der Waals surface area contributed by atoms with Crippen LogP contribution in [0.3, 0.4) is 0 Å². The Balaban J connectivity index is 1.95. The van der Waals surface area contributed by atoms with E-state index < -0.39 is 0 Å². The van der Waals surface area contributed by atoms with E-state index in [1.807, 2.05) is 12.1 Å². The molecular weight excluding hydrogens is 238 g/mol. The molecule has 88 valence electrons. The number of hydrogen-bond acceptors (Lipinski definition) is 2. The SMILES string of the molecule is C1=C(c2ccccc2)SCN=C1c1ccccc1. The van der Waals surface area contributed by atoms with Crippen LogP contribution in [0.25, 0.3) is 4.91 Å². The Hall–Kier alpha value is -1.80. The molecule has 0 spiro atoms. The number of benzene rings is 2. The summed E-state index contributed by atoms with van der Waals surface area (Å²) in [5.74, 6) is 0.797. The quantitative estimate of drug-likeness (QED) is 0.778. The lowest BCUT2D eigenvalue weighted by atomic mass is 10.1. The molecule has 1 heterocycles. The minimum Gasteiger partial charge on any atom is -0.274 e. The van der Waals surface area contributed by atoms with Gasteiger partial charge in [0, 0.05) is 4.91 Å². The second-order valence-electron chi connectivity index (χ2n) is 4.06. The first-order valence-corrected chi connectivity index (χ1v) is 6.92. The second-order valence-corrected chi connectivity index (χ2v) is 5.04. The highest BCUT2D eigenvalue weighted by Gasteiger charge is 2.10. The number of aliphatic imine (C=N–C) groups is 1. The molecule has 0 unspecified atom stereocenters. The summed E-state index contributed by atoms with van der Waals surface area (Å²) in [6, 6.07) is 20.8. The van der Waals surface area contributed by atoms with Gasteiger partial charge in [-0.25, -0.2) is 0 Å². The third-order valence-electron chi connectivity index (χ3n) is 2.85. The van der Waals surface area contributed by atoms with Gasteiger partial charge < -0.3 is 0 Å². The zero-order valence-electron chi connectivity index (χ0n) is 9.91. The smallest absolute Gasteiger partial charge is 0.0897 e. The highest BCUT2D eigenvalue weighted by atomic mass is 32.2. The predicted octanol–water partition coefficient (Wildman–Crippen LogP) is 4.22. The monoisotopic (exact) mass is 251 g/mol. The van der Waals surface area contributed by atoms with Crippen LogP contribution in [0.4, 0.5) is 0 Å². The number of thioether (sulfide) groups is 1.